The molecule has 0 radical (unpaired) electrons. The number of halogens is 1. The van der Waals surface area contributed by atoms with Crippen molar-refractivity contribution in [3.05, 3.63) is 41.0 Å². The Morgan fingerprint density at radius 2 is 2.05 bits per heavy atom. The zero-order chi connectivity index (χ0) is 14.4. The molecular formula is C16H22ClN3. The molecule has 0 saturated carbocycles. The van der Waals surface area contributed by atoms with Crippen LogP contribution < -0.4 is 5.32 Å². The molecule has 0 aliphatic heterocycles. The normalized spacial score (nSPS) is 10.9. The number of hydrogen-bond acceptors (Lipinski definition) is 2. The van der Waals surface area contributed by atoms with Gasteiger partial charge in [0, 0.05) is 29.9 Å². The third-order valence-corrected chi connectivity index (χ3v) is 3.59. The average Bonchev–Trinajstić information content (AvgIpc) is 2.89. The molecule has 0 bridgehead atoms. The summed E-state index contributed by atoms with van der Waals surface area (Å²) in [5.74, 6) is 0. The molecule has 1 N–H and O–H groups in total. The van der Waals surface area contributed by atoms with Crippen molar-refractivity contribution in [3.63, 3.8) is 0 Å². The first kappa shape index (κ1) is 15.1. The van der Waals surface area contributed by atoms with Crippen molar-refractivity contribution >= 4 is 11.6 Å². The van der Waals surface area contributed by atoms with E-state index < -0.39 is 0 Å². The highest BCUT2D eigenvalue weighted by Gasteiger charge is 2.07. The van der Waals surface area contributed by atoms with Gasteiger partial charge in [0.2, 0.25) is 0 Å². The van der Waals surface area contributed by atoms with Crippen LogP contribution in [0.1, 0.15) is 32.3 Å². The topological polar surface area (TPSA) is 29.9 Å². The van der Waals surface area contributed by atoms with E-state index in [1.54, 1.807) is 0 Å². The maximum atomic E-state index is 6.38. The third-order valence-electron chi connectivity index (χ3n) is 3.24. The average molecular weight is 292 g/mol. The molecule has 0 aliphatic rings. The van der Waals surface area contributed by atoms with E-state index in [2.05, 4.69) is 36.4 Å². The molecule has 0 spiro atoms. The highest BCUT2D eigenvalue weighted by atomic mass is 35.5. The van der Waals surface area contributed by atoms with Gasteiger partial charge in [-0.15, -0.1) is 0 Å². The summed E-state index contributed by atoms with van der Waals surface area (Å²) in [7, 11) is 0. The van der Waals surface area contributed by atoms with Gasteiger partial charge < -0.3 is 5.32 Å². The number of benzene rings is 1. The Labute approximate surface area is 126 Å². The lowest BCUT2D eigenvalue weighted by Gasteiger charge is -2.10. The molecule has 0 unspecified atom stereocenters. The minimum absolute atomic E-state index is 0.815. The number of nitrogens with zero attached hydrogens (tertiary/aromatic N) is 2. The first-order valence-corrected chi connectivity index (χ1v) is 7.65. The molecule has 0 saturated heterocycles. The second kappa shape index (κ2) is 7.46. The lowest BCUT2D eigenvalue weighted by Crippen LogP contribution is -2.14. The SMILES string of the molecule is CCCNCc1ccc(-c2ccnn2CCC)cc1Cl. The van der Waals surface area contributed by atoms with Crippen LogP contribution in [0.3, 0.4) is 0 Å². The number of aromatic nitrogens is 2. The number of rotatable bonds is 7. The molecule has 2 rings (SSSR count). The quantitative estimate of drug-likeness (QED) is 0.778. The van der Waals surface area contributed by atoms with Crippen LogP contribution >= 0.6 is 11.6 Å². The molecule has 3 nitrogen and oxygen atoms in total. The van der Waals surface area contributed by atoms with Crippen LogP contribution in [0.2, 0.25) is 5.02 Å². The molecular weight excluding hydrogens is 270 g/mol. The molecule has 4 heteroatoms. The number of nitrogens with one attached hydrogen (secondary N) is 1. The van der Waals surface area contributed by atoms with Crippen LogP contribution in [0.4, 0.5) is 0 Å². The summed E-state index contributed by atoms with van der Waals surface area (Å²) < 4.78 is 2.03. The van der Waals surface area contributed by atoms with Crippen molar-refractivity contribution in [3.8, 4) is 11.3 Å². The third kappa shape index (κ3) is 3.62. The van der Waals surface area contributed by atoms with Gasteiger partial charge in [-0.2, -0.15) is 5.10 Å². The Balaban J connectivity index is 2.17. The molecule has 2 aromatic rings. The zero-order valence-electron chi connectivity index (χ0n) is 12.2. The van der Waals surface area contributed by atoms with Crippen molar-refractivity contribution in [2.24, 2.45) is 0 Å². The second-order valence-corrected chi connectivity index (χ2v) is 5.33. The van der Waals surface area contributed by atoms with E-state index in [1.807, 2.05) is 23.0 Å². The second-order valence-electron chi connectivity index (χ2n) is 4.92. The molecule has 0 aliphatic carbocycles. The minimum atomic E-state index is 0.815. The molecule has 0 amide bonds. The van der Waals surface area contributed by atoms with Gasteiger partial charge in [-0.1, -0.05) is 37.6 Å². The first-order valence-electron chi connectivity index (χ1n) is 7.27. The highest BCUT2D eigenvalue weighted by molar-refractivity contribution is 6.31. The van der Waals surface area contributed by atoms with Crippen LogP contribution in [0.5, 0.6) is 0 Å². The molecule has 20 heavy (non-hydrogen) atoms. The van der Waals surface area contributed by atoms with Gasteiger partial charge in [-0.05, 0) is 37.1 Å². The summed E-state index contributed by atoms with van der Waals surface area (Å²) in [6.07, 6.45) is 4.04. The van der Waals surface area contributed by atoms with Crippen LogP contribution in [-0.2, 0) is 13.1 Å². The van der Waals surface area contributed by atoms with E-state index in [0.29, 0.717) is 0 Å². The van der Waals surface area contributed by atoms with Gasteiger partial charge in [-0.3, -0.25) is 4.68 Å². The van der Waals surface area contributed by atoms with Crippen LogP contribution in [0.15, 0.2) is 30.5 Å². The Morgan fingerprint density at radius 3 is 2.75 bits per heavy atom. The van der Waals surface area contributed by atoms with E-state index in [0.717, 1.165) is 54.3 Å². The molecule has 1 aromatic carbocycles. The maximum absolute atomic E-state index is 6.38. The van der Waals surface area contributed by atoms with Crippen LogP contribution in [-0.4, -0.2) is 16.3 Å². The minimum Gasteiger partial charge on any atom is -0.313 e. The fourth-order valence-corrected chi connectivity index (χ4v) is 2.47. The molecule has 1 aromatic heterocycles. The predicted molar refractivity (Wildman–Crippen MR) is 85.0 cm³/mol. The van der Waals surface area contributed by atoms with Gasteiger partial charge in [0.05, 0.1) is 5.69 Å². The summed E-state index contributed by atoms with van der Waals surface area (Å²) in [5.41, 5.74) is 3.40. The van der Waals surface area contributed by atoms with Gasteiger partial charge >= 0.3 is 0 Å². The van der Waals surface area contributed by atoms with Gasteiger partial charge in [-0.25, -0.2) is 0 Å². The van der Waals surface area contributed by atoms with Gasteiger partial charge in [0.25, 0.3) is 0 Å². The van der Waals surface area contributed by atoms with Crippen molar-refractivity contribution in [1.29, 1.82) is 0 Å². The van der Waals surface area contributed by atoms with Gasteiger partial charge in [0.15, 0.2) is 0 Å². The number of aryl methyl sites for hydroxylation is 1. The lowest BCUT2D eigenvalue weighted by molar-refractivity contribution is 0.609. The largest absolute Gasteiger partial charge is 0.313 e. The van der Waals surface area contributed by atoms with Crippen molar-refractivity contribution in [1.82, 2.24) is 15.1 Å². The summed E-state index contributed by atoms with van der Waals surface area (Å²) >= 11 is 6.38. The van der Waals surface area contributed by atoms with Crippen molar-refractivity contribution in [2.75, 3.05) is 6.54 Å². The standard InChI is InChI=1S/C16H22ClN3/c1-3-8-18-12-14-6-5-13(11-15(14)17)16-7-9-19-20(16)10-4-2/h5-7,9,11,18H,3-4,8,10,12H2,1-2H3. The Bertz CT molecular complexity index is 548. The lowest BCUT2D eigenvalue weighted by atomic mass is 10.1. The number of hydrogen-bond donors (Lipinski definition) is 1. The predicted octanol–water partition coefficient (Wildman–Crippen LogP) is 4.11. The molecule has 0 fully saturated rings. The van der Waals surface area contributed by atoms with E-state index in [4.69, 9.17) is 11.6 Å². The highest BCUT2D eigenvalue weighted by Crippen LogP contribution is 2.25. The van der Waals surface area contributed by atoms with Crippen molar-refractivity contribution in [2.45, 2.75) is 39.8 Å². The smallest absolute Gasteiger partial charge is 0.0682 e. The fraction of sp³-hybridized carbons (Fsp3) is 0.438. The summed E-state index contributed by atoms with van der Waals surface area (Å²) in [6.45, 7) is 7.08. The molecule has 1 heterocycles. The summed E-state index contributed by atoms with van der Waals surface area (Å²) in [5, 5.41) is 8.55. The first-order chi connectivity index (χ1) is 9.76. The van der Waals surface area contributed by atoms with Gasteiger partial charge in [0.1, 0.15) is 0 Å². The van der Waals surface area contributed by atoms with E-state index in [-0.39, 0.29) is 0 Å². The summed E-state index contributed by atoms with van der Waals surface area (Å²) in [4.78, 5) is 0. The van der Waals surface area contributed by atoms with Crippen LogP contribution in [0, 0.1) is 0 Å². The van der Waals surface area contributed by atoms with E-state index in [9.17, 15) is 0 Å². The monoisotopic (exact) mass is 291 g/mol. The molecule has 0 atom stereocenters. The van der Waals surface area contributed by atoms with E-state index >= 15 is 0 Å². The summed E-state index contributed by atoms with van der Waals surface area (Å²) in [6, 6.07) is 8.30. The van der Waals surface area contributed by atoms with E-state index in [1.165, 1.54) is 0 Å². The Morgan fingerprint density at radius 1 is 1.20 bits per heavy atom. The van der Waals surface area contributed by atoms with Crippen LogP contribution in [0.25, 0.3) is 11.3 Å². The van der Waals surface area contributed by atoms with Crippen molar-refractivity contribution < 1.29 is 0 Å². The Kier molecular flexibility index (Phi) is 5.62. The zero-order valence-corrected chi connectivity index (χ0v) is 13.0. The molecule has 108 valence electrons. The maximum Gasteiger partial charge on any atom is 0.0682 e. The Hall–Kier alpha value is -1.32. The fourth-order valence-electron chi connectivity index (χ4n) is 2.22.